The Kier molecular flexibility index (Phi) is 4.23. The summed E-state index contributed by atoms with van der Waals surface area (Å²) in [6.45, 7) is 1.65. The lowest BCUT2D eigenvalue weighted by molar-refractivity contribution is -0.125. The van der Waals surface area contributed by atoms with E-state index in [1.807, 2.05) is 5.43 Å². The molecule has 4 N–H and O–H groups in total. The molecule has 0 saturated carbocycles. The Balaban J connectivity index is 3.35. The highest BCUT2D eigenvalue weighted by Gasteiger charge is 1.99. The van der Waals surface area contributed by atoms with E-state index in [0.717, 1.165) is 0 Å². The van der Waals surface area contributed by atoms with Gasteiger partial charge in [-0.3, -0.25) is 15.0 Å². The van der Waals surface area contributed by atoms with Gasteiger partial charge in [0.25, 0.3) is 5.91 Å². The number of amides is 2. The van der Waals surface area contributed by atoms with Crippen molar-refractivity contribution in [2.75, 3.05) is 6.54 Å². The van der Waals surface area contributed by atoms with E-state index in [4.69, 9.17) is 5.84 Å². The van der Waals surface area contributed by atoms with Gasteiger partial charge in [0.05, 0.1) is 6.54 Å². The topological polar surface area (TPSA) is 84.2 Å². The fraction of sp³-hybridized carbons (Fsp3) is 0.600. The van der Waals surface area contributed by atoms with Crippen LogP contribution in [0.4, 0.5) is 0 Å². The van der Waals surface area contributed by atoms with E-state index >= 15 is 0 Å². The van der Waals surface area contributed by atoms with Gasteiger partial charge in [-0.25, -0.2) is 5.84 Å². The van der Waals surface area contributed by atoms with Crippen LogP contribution in [-0.4, -0.2) is 18.4 Å². The molecule has 0 aliphatic heterocycles. The number of hydrazine groups is 1. The molecule has 0 aromatic rings. The smallest absolute Gasteiger partial charge is 0.253 e. The summed E-state index contributed by atoms with van der Waals surface area (Å²) in [5.74, 6) is 4.18. The second-order valence-corrected chi connectivity index (χ2v) is 1.70. The number of carbonyl (C=O) groups is 2. The van der Waals surface area contributed by atoms with Crippen molar-refractivity contribution in [3.8, 4) is 0 Å². The lowest BCUT2D eigenvalue weighted by Crippen LogP contribution is -2.39. The average molecular weight is 145 g/mol. The number of hydrogen-bond acceptors (Lipinski definition) is 3. The number of rotatable bonds is 3. The molecule has 58 valence electrons. The van der Waals surface area contributed by atoms with E-state index < -0.39 is 5.91 Å². The Bertz CT molecular complexity index is 119. The fourth-order valence-corrected chi connectivity index (χ4v) is 0.355. The van der Waals surface area contributed by atoms with Crippen LogP contribution in [0.3, 0.4) is 0 Å². The van der Waals surface area contributed by atoms with E-state index in [0.29, 0.717) is 6.42 Å². The molecule has 0 spiro atoms. The minimum atomic E-state index is -0.401. The molecule has 0 unspecified atom stereocenters. The van der Waals surface area contributed by atoms with Crippen LogP contribution in [0.25, 0.3) is 0 Å². The van der Waals surface area contributed by atoms with Crippen molar-refractivity contribution in [3.05, 3.63) is 0 Å². The second kappa shape index (κ2) is 4.75. The zero-order valence-corrected chi connectivity index (χ0v) is 5.81. The molecular formula is C5H11N3O2. The van der Waals surface area contributed by atoms with Crippen LogP contribution in [0.15, 0.2) is 0 Å². The van der Waals surface area contributed by atoms with Crippen LogP contribution < -0.4 is 16.6 Å². The molecule has 0 saturated heterocycles. The molecule has 2 amide bonds. The minimum Gasteiger partial charge on any atom is -0.347 e. The van der Waals surface area contributed by atoms with Gasteiger partial charge >= 0.3 is 0 Å². The first kappa shape index (κ1) is 8.90. The Morgan fingerprint density at radius 2 is 2.00 bits per heavy atom. The van der Waals surface area contributed by atoms with Crippen LogP contribution in [0.1, 0.15) is 13.3 Å². The fourth-order valence-electron chi connectivity index (χ4n) is 0.355. The molecular weight excluding hydrogens is 134 g/mol. The summed E-state index contributed by atoms with van der Waals surface area (Å²) in [4.78, 5) is 20.9. The van der Waals surface area contributed by atoms with Crippen molar-refractivity contribution >= 4 is 11.8 Å². The van der Waals surface area contributed by atoms with Gasteiger partial charge in [0, 0.05) is 6.42 Å². The van der Waals surface area contributed by atoms with Crippen molar-refractivity contribution in [2.45, 2.75) is 13.3 Å². The minimum absolute atomic E-state index is 0.0524. The van der Waals surface area contributed by atoms with Crippen molar-refractivity contribution in [2.24, 2.45) is 5.84 Å². The van der Waals surface area contributed by atoms with E-state index in [2.05, 4.69) is 5.32 Å². The van der Waals surface area contributed by atoms with Crippen molar-refractivity contribution in [3.63, 3.8) is 0 Å². The molecule has 5 heteroatoms. The average Bonchev–Trinajstić information content (AvgIpc) is 1.99. The molecule has 0 heterocycles. The summed E-state index contributed by atoms with van der Waals surface area (Å²) >= 11 is 0. The van der Waals surface area contributed by atoms with Crippen molar-refractivity contribution in [1.29, 1.82) is 0 Å². The molecule has 0 aromatic carbocycles. The molecule has 0 fully saturated rings. The highest BCUT2D eigenvalue weighted by molar-refractivity contribution is 5.84. The standard InChI is InChI=1S/C5H11N3O2/c1-2-4(9)7-3-5(10)8-6/h2-3,6H2,1H3,(H,7,9)(H,8,10). The van der Waals surface area contributed by atoms with Gasteiger partial charge < -0.3 is 5.32 Å². The Hall–Kier alpha value is -1.10. The lowest BCUT2D eigenvalue weighted by Gasteiger charge is -2.00. The van der Waals surface area contributed by atoms with Gasteiger partial charge in [0.15, 0.2) is 0 Å². The predicted octanol–water partition coefficient (Wildman–Crippen LogP) is -1.50. The first-order chi connectivity index (χ1) is 4.70. The molecule has 0 atom stereocenters. The third-order valence-electron chi connectivity index (χ3n) is 0.928. The molecule has 5 nitrogen and oxygen atoms in total. The highest BCUT2D eigenvalue weighted by atomic mass is 16.2. The summed E-state index contributed by atoms with van der Waals surface area (Å²) in [5, 5.41) is 2.35. The summed E-state index contributed by atoms with van der Waals surface area (Å²) in [6.07, 6.45) is 0.373. The maximum atomic E-state index is 10.5. The normalized spacial score (nSPS) is 8.60. The van der Waals surface area contributed by atoms with Gasteiger partial charge in [0.2, 0.25) is 5.91 Å². The van der Waals surface area contributed by atoms with Crippen molar-refractivity contribution < 1.29 is 9.59 Å². The third kappa shape index (κ3) is 3.85. The zero-order chi connectivity index (χ0) is 7.98. The van der Waals surface area contributed by atoms with Gasteiger partial charge in [-0.15, -0.1) is 0 Å². The van der Waals surface area contributed by atoms with Crippen LogP contribution in [0.2, 0.25) is 0 Å². The molecule has 0 rings (SSSR count). The molecule has 0 aliphatic rings. The van der Waals surface area contributed by atoms with E-state index in [1.165, 1.54) is 0 Å². The lowest BCUT2D eigenvalue weighted by atomic mass is 10.4. The Labute approximate surface area is 58.9 Å². The van der Waals surface area contributed by atoms with E-state index in [1.54, 1.807) is 6.92 Å². The number of carbonyl (C=O) groups excluding carboxylic acids is 2. The molecule has 0 aliphatic carbocycles. The van der Waals surface area contributed by atoms with Crippen LogP contribution in [-0.2, 0) is 9.59 Å². The number of nitrogens with one attached hydrogen (secondary N) is 2. The Morgan fingerprint density at radius 1 is 1.40 bits per heavy atom. The van der Waals surface area contributed by atoms with Crippen LogP contribution >= 0.6 is 0 Å². The highest BCUT2D eigenvalue weighted by Crippen LogP contribution is 1.72. The van der Waals surface area contributed by atoms with Gasteiger partial charge in [-0.2, -0.15) is 0 Å². The largest absolute Gasteiger partial charge is 0.347 e. The van der Waals surface area contributed by atoms with Crippen LogP contribution in [0, 0.1) is 0 Å². The Morgan fingerprint density at radius 3 is 2.40 bits per heavy atom. The summed E-state index contributed by atoms with van der Waals surface area (Å²) in [6, 6.07) is 0. The zero-order valence-electron chi connectivity index (χ0n) is 5.81. The molecule has 10 heavy (non-hydrogen) atoms. The summed E-state index contributed by atoms with van der Waals surface area (Å²) in [7, 11) is 0. The number of hydrogen-bond donors (Lipinski definition) is 3. The molecule has 0 bridgehead atoms. The SMILES string of the molecule is CCC(=O)NCC(=O)NN. The number of nitrogens with two attached hydrogens (primary N) is 1. The van der Waals surface area contributed by atoms with Gasteiger partial charge in [-0.05, 0) is 0 Å². The predicted molar refractivity (Wildman–Crippen MR) is 35.6 cm³/mol. The van der Waals surface area contributed by atoms with Crippen LogP contribution in [0.5, 0.6) is 0 Å². The van der Waals surface area contributed by atoms with Crippen molar-refractivity contribution in [1.82, 2.24) is 10.7 Å². The van der Waals surface area contributed by atoms with E-state index in [9.17, 15) is 9.59 Å². The first-order valence-electron chi connectivity index (χ1n) is 2.96. The second-order valence-electron chi connectivity index (χ2n) is 1.70. The monoisotopic (exact) mass is 145 g/mol. The molecule has 0 aromatic heterocycles. The quantitative estimate of drug-likeness (QED) is 0.257. The maximum Gasteiger partial charge on any atom is 0.253 e. The summed E-state index contributed by atoms with van der Waals surface area (Å²) in [5.41, 5.74) is 1.89. The van der Waals surface area contributed by atoms with Gasteiger partial charge in [-0.1, -0.05) is 6.92 Å². The van der Waals surface area contributed by atoms with Gasteiger partial charge in [0.1, 0.15) is 0 Å². The first-order valence-corrected chi connectivity index (χ1v) is 2.96. The maximum absolute atomic E-state index is 10.5. The third-order valence-corrected chi connectivity index (χ3v) is 0.928. The molecule has 0 radical (unpaired) electrons. The van der Waals surface area contributed by atoms with E-state index in [-0.39, 0.29) is 12.5 Å². The summed E-state index contributed by atoms with van der Waals surface area (Å²) < 4.78 is 0.